The molecule has 1 aromatic carbocycles. The zero-order chi connectivity index (χ0) is 14.0. The molecule has 3 N–H and O–H groups in total. The number of aryl methyl sites for hydroxylation is 1. The molecule has 0 aliphatic heterocycles. The third kappa shape index (κ3) is 2.62. The Labute approximate surface area is 109 Å². The van der Waals surface area contributed by atoms with Gasteiger partial charge in [0.25, 0.3) is 0 Å². The average molecular weight is 259 g/mol. The van der Waals surface area contributed by atoms with E-state index >= 15 is 0 Å². The first-order valence-corrected chi connectivity index (χ1v) is 5.63. The highest BCUT2D eigenvalue weighted by Crippen LogP contribution is 2.17. The molecule has 0 unspecified atom stereocenters. The van der Waals surface area contributed by atoms with Gasteiger partial charge < -0.3 is 10.8 Å². The van der Waals surface area contributed by atoms with Crippen molar-refractivity contribution in [2.45, 2.75) is 13.5 Å². The number of aromatic nitrogens is 2. The molecule has 0 atom stereocenters. The van der Waals surface area contributed by atoms with E-state index in [1.165, 1.54) is 16.8 Å². The minimum absolute atomic E-state index is 0.0240. The first-order valence-electron chi connectivity index (χ1n) is 5.63. The van der Waals surface area contributed by atoms with Crippen LogP contribution in [0.25, 0.3) is 0 Å². The van der Waals surface area contributed by atoms with Gasteiger partial charge in [-0.2, -0.15) is 0 Å². The van der Waals surface area contributed by atoms with Gasteiger partial charge in [0.1, 0.15) is 0 Å². The van der Waals surface area contributed by atoms with Crippen molar-refractivity contribution in [1.29, 1.82) is 0 Å². The SMILES string of the molecule is Cc1cnc(=O)n(Cc2cccc(N)c2C(=O)O)c1. The van der Waals surface area contributed by atoms with E-state index in [2.05, 4.69) is 4.98 Å². The molecule has 1 aromatic heterocycles. The second-order valence-electron chi connectivity index (χ2n) is 4.23. The van der Waals surface area contributed by atoms with Crippen molar-refractivity contribution in [3.8, 4) is 0 Å². The fraction of sp³-hybridized carbons (Fsp3) is 0.154. The molecule has 0 fully saturated rings. The molecule has 0 bridgehead atoms. The van der Waals surface area contributed by atoms with Crippen molar-refractivity contribution in [1.82, 2.24) is 9.55 Å². The summed E-state index contributed by atoms with van der Waals surface area (Å²) >= 11 is 0. The molecule has 6 heteroatoms. The lowest BCUT2D eigenvalue weighted by Crippen LogP contribution is -2.24. The molecular formula is C13H13N3O3. The van der Waals surface area contributed by atoms with E-state index in [-0.39, 0.29) is 17.8 Å². The zero-order valence-electron chi connectivity index (χ0n) is 10.3. The molecule has 0 spiro atoms. The third-order valence-electron chi connectivity index (χ3n) is 2.72. The number of nitrogen functional groups attached to an aromatic ring is 1. The molecule has 0 amide bonds. The van der Waals surface area contributed by atoms with E-state index in [9.17, 15) is 9.59 Å². The lowest BCUT2D eigenvalue weighted by atomic mass is 10.1. The summed E-state index contributed by atoms with van der Waals surface area (Å²) in [5, 5.41) is 9.17. The third-order valence-corrected chi connectivity index (χ3v) is 2.72. The Hall–Kier alpha value is -2.63. The van der Waals surface area contributed by atoms with Crippen molar-refractivity contribution in [3.05, 3.63) is 57.8 Å². The minimum atomic E-state index is -1.11. The van der Waals surface area contributed by atoms with Gasteiger partial charge in [-0.25, -0.2) is 14.6 Å². The van der Waals surface area contributed by atoms with Crippen molar-refractivity contribution >= 4 is 11.7 Å². The molecule has 0 radical (unpaired) electrons. The predicted molar refractivity (Wildman–Crippen MR) is 70.1 cm³/mol. The molecule has 0 aliphatic carbocycles. The quantitative estimate of drug-likeness (QED) is 0.797. The summed E-state index contributed by atoms with van der Waals surface area (Å²) in [6.07, 6.45) is 3.10. The molecule has 0 aliphatic rings. The van der Waals surface area contributed by atoms with Gasteiger partial charge in [-0.3, -0.25) is 4.57 Å². The minimum Gasteiger partial charge on any atom is -0.478 e. The van der Waals surface area contributed by atoms with Gasteiger partial charge in [0.05, 0.1) is 12.1 Å². The maximum absolute atomic E-state index is 11.6. The van der Waals surface area contributed by atoms with Crippen LogP contribution in [-0.2, 0) is 6.54 Å². The van der Waals surface area contributed by atoms with Gasteiger partial charge in [0.2, 0.25) is 0 Å². The zero-order valence-corrected chi connectivity index (χ0v) is 10.3. The van der Waals surface area contributed by atoms with Crippen LogP contribution in [0.5, 0.6) is 0 Å². The predicted octanol–water partition coefficient (Wildman–Crippen LogP) is 0.880. The Bertz CT molecular complexity index is 692. The van der Waals surface area contributed by atoms with Crippen LogP contribution in [0.3, 0.4) is 0 Å². The van der Waals surface area contributed by atoms with Crippen molar-refractivity contribution in [2.75, 3.05) is 5.73 Å². The largest absolute Gasteiger partial charge is 0.478 e. The van der Waals surface area contributed by atoms with E-state index in [0.717, 1.165) is 5.56 Å². The Morgan fingerprint density at radius 1 is 1.47 bits per heavy atom. The van der Waals surface area contributed by atoms with Crippen LogP contribution in [0.1, 0.15) is 21.5 Å². The summed E-state index contributed by atoms with van der Waals surface area (Å²) in [5.74, 6) is -1.11. The molecule has 0 saturated heterocycles. The van der Waals surface area contributed by atoms with Crippen LogP contribution in [-0.4, -0.2) is 20.6 Å². The summed E-state index contributed by atoms with van der Waals surface area (Å²) < 4.78 is 1.36. The van der Waals surface area contributed by atoms with Crippen LogP contribution < -0.4 is 11.4 Å². The first-order chi connectivity index (χ1) is 8.99. The number of benzene rings is 1. The van der Waals surface area contributed by atoms with Gasteiger partial charge >= 0.3 is 11.7 Å². The molecule has 6 nitrogen and oxygen atoms in total. The highest BCUT2D eigenvalue weighted by molar-refractivity contribution is 5.95. The monoisotopic (exact) mass is 259 g/mol. The summed E-state index contributed by atoms with van der Waals surface area (Å²) in [5.41, 5.74) is 6.73. The lowest BCUT2D eigenvalue weighted by Gasteiger charge is -2.10. The number of aromatic carboxylic acids is 1. The Morgan fingerprint density at radius 3 is 2.89 bits per heavy atom. The average Bonchev–Trinajstić information content (AvgIpc) is 2.33. The Morgan fingerprint density at radius 2 is 2.21 bits per heavy atom. The van der Waals surface area contributed by atoms with Crippen LogP contribution in [0, 0.1) is 6.92 Å². The van der Waals surface area contributed by atoms with Gasteiger partial charge in [-0.05, 0) is 24.1 Å². The van der Waals surface area contributed by atoms with Crippen molar-refractivity contribution < 1.29 is 9.90 Å². The summed E-state index contributed by atoms with van der Waals surface area (Å²) in [6, 6.07) is 4.81. The number of rotatable bonds is 3. The maximum atomic E-state index is 11.6. The van der Waals surface area contributed by atoms with Gasteiger partial charge in [0.15, 0.2) is 0 Å². The Kier molecular flexibility index (Phi) is 3.33. The molecule has 2 rings (SSSR count). The van der Waals surface area contributed by atoms with Crippen LogP contribution >= 0.6 is 0 Å². The molecule has 2 aromatic rings. The second-order valence-corrected chi connectivity index (χ2v) is 4.23. The molecule has 0 saturated carbocycles. The fourth-order valence-electron chi connectivity index (χ4n) is 1.87. The maximum Gasteiger partial charge on any atom is 0.347 e. The van der Waals surface area contributed by atoms with Gasteiger partial charge in [0, 0.05) is 18.1 Å². The molecule has 98 valence electrons. The highest BCUT2D eigenvalue weighted by Gasteiger charge is 2.14. The number of anilines is 1. The van der Waals surface area contributed by atoms with E-state index in [4.69, 9.17) is 10.8 Å². The number of carbonyl (C=O) groups is 1. The van der Waals surface area contributed by atoms with Crippen LogP contribution in [0.4, 0.5) is 5.69 Å². The molecular weight excluding hydrogens is 246 g/mol. The summed E-state index contributed by atoms with van der Waals surface area (Å²) in [6.45, 7) is 1.93. The number of hydrogen-bond donors (Lipinski definition) is 2. The number of carboxylic acid groups (broad SMARTS) is 1. The first kappa shape index (κ1) is 12.8. The van der Waals surface area contributed by atoms with Gasteiger partial charge in [-0.15, -0.1) is 0 Å². The standard InChI is InChI=1S/C13H13N3O3/c1-8-5-15-13(19)16(6-8)7-9-3-2-4-10(14)11(9)12(17)18/h2-6H,7,14H2,1H3,(H,17,18). The van der Waals surface area contributed by atoms with Gasteiger partial charge in [-0.1, -0.05) is 12.1 Å². The molecule has 1 heterocycles. The van der Waals surface area contributed by atoms with Crippen molar-refractivity contribution in [3.63, 3.8) is 0 Å². The van der Waals surface area contributed by atoms with E-state index in [1.807, 2.05) is 0 Å². The summed E-state index contributed by atoms with van der Waals surface area (Å²) in [7, 11) is 0. The number of hydrogen-bond acceptors (Lipinski definition) is 4. The number of nitrogens with zero attached hydrogens (tertiary/aromatic N) is 2. The van der Waals surface area contributed by atoms with E-state index in [1.54, 1.807) is 25.3 Å². The van der Waals surface area contributed by atoms with Crippen LogP contribution in [0.15, 0.2) is 35.4 Å². The van der Waals surface area contributed by atoms with E-state index < -0.39 is 11.7 Å². The Balaban J connectivity index is 2.50. The van der Waals surface area contributed by atoms with Crippen LogP contribution in [0.2, 0.25) is 0 Å². The fourth-order valence-corrected chi connectivity index (χ4v) is 1.87. The number of carboxylic acids is 1. The van der Waals surface area contributed by atoms with Crippen molar-refractivity contribution in [2.24, 2.45) is 0 Å². The van der Waals surface area contributed by atoms with E-state index in [0.29, 0.717) is 5.56 Å². The normalized spacial score (nSPS) is 10.4. The topological polar surface area (TPSA) is 98.2 Å². The lowest BCUT2D eigenvalue weighted by molar-refractivity contribution is 0.0696. The number of nitrogens with two attached hydrogens (primary N) is 1. The smallest absolute Gasteiger partial charge is 0.347 e. The second kappa shape index (κ2) is 4.93. The molecule has 19 heavy (non-hydrogen) atoms. The highest BCUT2D eigenvalue weighted by atomic mass is 16.4. The summed E-state index contributed by atoms with van der Waals surface area (Å²) in [4.78, 5) is 26.5.